The Balaban J connectivity index is 2.01. The minimum absolute atomic E-state index is 0.0729. The van der Waals surface area contributed by atoms with Crippen LogP contribution in [0.5, 0.6) is 5.75 Å². The first kappa shape index (κ1) is 18.2. The topological polar surface area (TPSA) is 31.2 Å². The van der Waals surface area contributed by atoms with Crippen LogP contribution < -0.4 is 4.74 Å². The molecule has 0 atom stereocenters. The van der Waals surface area contributed by atoms with E-state index in [9.17, 15) is 4.79 Å². The summed E-state index contributed by atoms with van der Waals surface area (Å²) in [6.07, 6.45) is 1.24. The monoisotopic (exact) mass is 349 g/mol. The van der Waals surface area contributed by atoms with Gasteiger partial charge in [0.1, 0.15) is 5.75 Å². The Kier molecular flexibility index (Phi) is 4.90. The lowest BCUT2D eigenvalue weighted by molar-refractivity contribution is 0.0906. The lowest BCUT2D eigenvalue weighted by Crippen LogP contribution is -2.15. The van der Waals surface area contributed by atoms with Crippen molar-refractivity contribution in [1.29, 1.82) is 0 Å². The third kappa shape index (κ3) is 3.39. The van der Waals surface area contributed by atoms with E-state index in [1.165, 1.54) is 5.56 Å². The zero-order chi connectivity index (χ0) is 18.9. The van der Waals surface area contributed by atoms with Gasteiger partial charge in [0.25, 0.3) is 0 Å². The standard InChI is InChI=1S/C23H27NO2/c1-16-15-18-19(12-13-20(26-5)22(18)23(2,3)4)24(16)21(25)14-11-17-9-7-6-8-10-17/h6-10,12-13,15H,11,14H2,1-5H3. The predicted octanol–water partition coefficient (Wildman–Crippen LogP) is 5.53. The van der Waals surface area contributed by atoms with Crippen LogP contribution in [0.3, 0.4) is 0 Å². The van der Waals surface area contributed by atoms with E-state index in [1.54, 1.807) is 7.11 Å². The molecule has 1 heterocycles. The summed E-state index contributed by atoms with van der Waals surface area (Å²) < 4.78 is 7.45. The van der Waals surface area contributed by atoms with Gasteiger partial charge >= 0.3 is 0 Å². The van der Waals surface area contributed by atoms with E-state index in [2.05, 4.69) is 39.0 Å². The van der Waals surface area contributed by atoms with Crippen LogP contribution >= 0.6 is 0 Å². The normalized spacial score (nSPS) is 11.7. The van der Waals surface area contributed by atoms with Gasteiger partial charge in [-0.1, -0.05) is 51.1 Å². The van der Waals surface area contributed by atoms with Crippen LogP contribution in [0.4, 0.5) is 0 Å². The van der Waals surface area contributed by atoms with Crippen molar-refractivity contribution in [3.63, 3.8) is 0 Å². The Morgan fingerprint density at radius 1 is 1.08 bits per heavy atom. The van der Waals surface area contributed by atoms with Crippen molar-refractivity contribution in [2.24, 2.45) is 0 Å². The number of carbonyl (C=O) groups excluding carboxylic acids is 1. The number of aromatic nitrogens is 1. The first-order chi connectivity index (χ1) is 12.3. The van der Waals surface area contributed by atoms with E-state index < -0.39 is 0 Å². The third-order valence-electron chi connectivity index (χ3n) is 4.82. The Bertz CT molecular complexity index is 930. The molecule has 0 unspecified atom stereocenters. The second kappa shape index (κ2) is 6.99. The summed E-state index contributed by atoms with van der Waals surface area (Å²) in [6.45, 7) is 8.52. The average molecular weight is 349 g/mol. The summed E-state index contributed by atoms with van der Waals surface area (Å²) in [7, 11) is 1.70. The molecule has 0 saturated carbocycles. The van der Waals surface area contributed by atoms with E-state index in [4.69, 9.17) is 4.74 Å². The molecule has 0 aliphatic rings. The van der Waals surface area contributed by atoms with Gasteiger partial charge in [-0.3, -0.25) is 9.36 Å². The summed E-state index contributed by atoms with van der Waals surface area (Å²) in [4.78, 5) is 13.0. The average Bonchev–Trinajstić information content (AvgIpc) is 2.94. The molecule has 3 aromatic rings. The Morgan fingerprint density at radius 2 is 1.77 bits per heavy atom. The number of nitrogens with zero attached hydrogens (tertiary/aromatic N) is 1. The molecular weight excluding hydrogens is 322 g/mol. The van der Waals surface area contributed by atoms with Crippen LogP contribution in [-0.4, -0.2) is 17.6 Å². The maximum Gasteiger partial charge on any atom is 0.231 e. The van der Waals surface area contributed by atoms with Gasteiger partial charge in [-0.25, -0.2) is 0 Å². The van der Waals surface area contributed by atoms with Crippen molar-refractivity contribution in [2.75, 3.05) is 7.11 Å². The number of fused-ring (bicyclic) bond motifs is 1. The van der Waals surface area contributed by atoms with E-state index in [-0.39, 0.29) is 11.3 Å². The maximum absolute atomic E-state index is 13.0. The number of methoxy groups -OCH3 is 1. The van der Waals surface area contributed by atoms with E-state index in [1.807, 2.05) is 41.8 Å². The number of carbonyl (C=O) groups is 1. The Labute approximate surface area is 155 Å². The second-order valence-electron chi connectivity index (χ2n) is 7.83. The largest absolute Gasteiger partial charge is 0.496 e. The summed E-state index contributed by atoms with van der Waals surface area (Å²) >= 11 is 0. The zero-order valence-corrected chi connectivity index (χ0v) is 16.3. The number of ether oxygens (including phenoxy) is 1. The van der Waals surface area contributed by atoms with E-state index in [0.29, 0.717) is 6.42 Å². The highest BCUT2D eigenvalue weighted by atomic mass is 16.5. The van der Waals surface area contributed by atoms with Gasteiger partial charge in [-0.05, 0) is 42.5 Å². The molecule has 0 aliphatic carbocycles. The number of hydrogen-bond acceptors (Lipinski definition) is 2. The summed E-state index contributed by atoms with van der Waals surface area (Å²) in [6, 6.07) is 16.2. The van der Waals surface area contributed by atoms with Crippen molar-refractivity contribution in [2.45, 2.75) is 46.0 Å². The van der Waals surface area contributed by atoms with Crippen LogP contribution in [0.2, 0.25) is 0 Å². The fourth-order valence-corrected chi connectivity index (χ4v) is 3.68. The smallest absolute Gasteiger partial charge is 0.231 e. The van der Waals surface area contributed by atoms with Gasteiger partial charge in [0.15, 0.2) is 0 Å². The fraction of sp³-hybridized carbons (Fsp3) is 0.348. The maximum atomic E-state index is 13.0. The van der Waals surface area contributed by atoms with Crippen molar-refractivity contribution in [1.82, 2.24) is 4.57 Å². The molecule has 0 spiro atoms. The Morgan fingerprint density at radius 3 is 2.38 bits per heavy atom. The SMILES string of the molecule is COc1ccc2c(cc(C)n2C(=O)CCc2ccccc2)c1C(C)(C)C. The van der Waals surface area contributed by atoms with Crippen LogP contribution in [0.15, 0.2) is 48.5 Å². The van der Waals surface area contributed by atoms with Crippen LogP contribution in [0.1, 0.15) is 48.8 Å². The van der Waals surface area contributed by atoms with Crippen molar-refractivity contribution < 1.29 is 9.53 Å². The van der Waals surface area contributed by atoms with Crippen LogP contribution in [0.25, 0.3) is 10.9 Å². The first-order valence-electron chi connectivity index (χ1n) is 9.09. The lowest BCUT2D eigenvalue weighted by Gasteiger charge is -2.23. The summed E-state index contributed by atoms with van der Waals surface area (Å²) in [5.74, 6) is 1.00. The summed E-state index contributed by atoms with van der Waals surface area (Å²) in [5.41, 5.74) is 4.20. The lowest BCUT2D eigenvalue weighted by atomic mass is 9.84. The highest BCUT2D eigenvalue weighted by Crippen LogP contribution is 2.38. The molecule has 0 amide bonds. The number of benzene rings is 2. The summed E-state index contributed by atoms with van der Waals surface area (Å²) in [5, 5.41) is 1.10. The Hall–Kier alpha value is -2.55. The first-order valence-corrected chi connectivity index (χ1v) is 9.09. The zero-order valence-electron chi connectivity index (χ0n) is 16.3. The number of hydrogen-bond donors (Lipinski definition) is 0. The number of rotatable bonds is 4. The van der Waals surface area contributed by atoms with E-state index >= 15 is 0 Å². The van der Waals surface area contributed by atoms with Crippen LogP contribution in [0, 0.1) is 6.92 Å². The van der Waals surface area contributed by atoms with Gasteiger partial charge in [-0.15, -0.1) is 0 Å². The molecule has 0 saturated heterocycles. The molecule has 2 aromatic carbocycles. The minimum Gasteiger partial charge on any atom is -0.496 e. The van der Waals surface area contributed by atoms with Gasteiger partial charge in [0, 0.05) is 23.1 Å². The van der Waals surface area contributed by atoms with Crippen molar-refractivity contribution in [3.05, 3.63) is 65.4 Å². The molecule has 0 N–H and O–H groups in total. The molecule has 3 heteroatoms. The molecule has 136 valence electrons. The highest BCUT2D eigenvalue weighted by Gasteiger charge is 2.25. The number of aryl methyl sites for hydroxylation is 2. The molecule has 1 aromatic heterocycles. The predicted molar refractivity (Wildman–Crippen MR) is 107 cm³/mol. The molecule has 0 bridgehead atoms. The highest BCUT2D eigenvalue weighted by molar-refractivity contribution is 5.96. The quantitative estimate of drug-likeness (QED) is 0.620. The van der Waals surface area contributed by atoms with Crippen molar-refractivity contribution >= 4 is 16.8 Å². The molecule has 0 fully saturated rings. The molecule has 0 radical (unpaired) electrons. The van der Waals surface area contributed by atoms with E-state index in [0.717, 1.165) is 34.3 Å². The van der Waals surface area contributed by atoms with Gasteiger partial charge in [0.05, 0.1) is 12.6 Å². The molecule has 0 aliphatic heterocycles. The molecule has 3 rings (SSSR count). The molecule has 3 nitrogen and oxygen atoms in total. The van der Waals surface area contributed by atoms with Gasteiger partial charge < -0.3 is 4.74 Å². The van der Waals surface area contributed by atoms with Crippen LogP contribution in [-0.2, 0) is 11.8 Å². The molecular formula is C23H27NO2. The van der Waals surface area contributed by atoms with Crippen molar-refractivity contribution in [3.8, 4) is 5.75 Å². The van der Waals surface area contributed by atoms with Gasteiger partial charge in [-0.2, -0.15) is 0 Å². The minimum atomic E-state index is -0.0729. The third-order valence-corrected chi connectivity index (χ3v) is 4.82. The van der Waals surface area contributed by atoms with Gasteiger partial charge in [0.2, 0.25) is 5.91 Å². The molecule has 26 heavy (non-hydrogen) atoms. The second-order valence-corrected chi connectivity index (χ2v) is 7.83. The fourth-order valence-electron chi connectivity index (χ4n) is 3.68.